The number of carbonyl (C=O) groups is 1. The highest BCUT2D eigenvalue weighted by Gasteiger charge is 2.16. The number of sulfonamides is 1. The van der Waals surface area contributed by atoms with Crippen LogP contribution in [-0.4, -0.2) is 38.3 Å². The fourth-order valence-corrected chi connectivity index (χ4v) is 2.99. The lowest BCUT2D eigenvalue weighted by molar-refractivity contribution is -0.134. The van der Waals surface area contributed by atoms with E-state index in [1.54, 1.807) is 12.1 Å². The summed E-state index contributed by atoms with van der Waals surface area (Å²) in [5.74, 6) is -2.30. The van der Waals surface area contributed by atoms with Crippen molar-refractivity contribution < 1.29 is 18.3 Å². The van der Waals surface area contributed by atoms with E-state index < -0.39 is 21.7 Å². The normalized spacial score (nSPS) is 15.5. The molecule has 1 aromatic carbocycles. The SMILES string of the molecule is O=C(O)CS(=O)(=O)Nc1ccc(N2CCCC2)cc1. The molecule has 2 rings (SSSR count). The first-order valence-corrected chi connectivity index (χ1v) is 7.69. The van der Waals surface area contributed by atoms with Crippen molar-refractivity contribution in [2.45, 2.75) is 12.8 Å². The Bertz CT molecular complexity index is 548. The van der Waals surface area contributed by atoms with Gasteiger partial charge >= 0.3 is 5.97 Å². The molecule has 0 radical (unpaired) electrons. The maximum atomic E-state index is 11.4. The van der Waals surface area contributed by atoms with Gasteiger partial charge in [0.15, 0.2) is 5.75 Å². The number of hydrogen-bond donors (Lipinski definition) is 2. The number of rotatable bonds is 5. The highest BCUT2D eigenvalue weighted by Crippen LogP contribution is 2.22. The molecule has 1 saturated heterocycles. The molecular formula is C12H16N2O4S. The van der Waals surface area contributed by atoms with Crippen molar-refractivity contribution in [2.75, 3.05) is 28.5 Å². The molecule has 1 aliphatic heterocycles. The number of nitrogens with zero attached hydrogens (tertiary/aromatic N) is 1. The summed E-state index contributed by atoms with van der Waals surface area (Å²) in [7, 11) is -3.83. The first kappa shape index (κ1) is 13.7. The van der Waals surface area contributed by atoms with Crippen LogP contribution in [0.1, 0.15) is 12.8 Å². The number of anilines is 2. The van der Waals surface area contributed by atoms with Gasteiger partial charge in [-0.25, -0.2) is 8.42 Å². The Hall–Kier alpha value is -1.76. The Balaban J connectivity index is 2.04. The van der Waals surface area contributed by atoms with Gasteiger partial charge in [-0.1, -0.05) is 0 Å². The Morgan fingerprint density at radius 2 is 1.79 bits per heavy atom. The first-order valence-electron chi connectivity index (χ1n) is 6.03. The van der Waals surface area contributed by atoms with E-state index in [9.17, 15) is 13.2 Å². The quantitative estimate of drug-likeness (QED) is 0.846. The third-order valence-corrected chi connectivity index (χ3v) is 4.10. The number of aliphatic carboxylic acids is 1. The number of carboxylic acid groups (broad SMARTS) is 1. The van der Waals surface area contributed by atoms with Crippen LogP contribution in [-0.2, 0) is 14.8 Å². The van der Waals surface area contributed by atoms with E-state index in [0.717, 1.165) is 18.8 Å². The van der Waals surface area contributed by atoms with Crippen molar-refractivity contribution in [1.82, 2.24) is 0 Å². The lowest BCUT2D eigenvalue weighted by atomic mass is 10.2. The molecule has 2 N–H and O–H groups in total. The van der Waals surface area contributed by atoms with Crippen LogP contribution in [0.5, 0.6) is 0 Å². The number of carboxylic acids is 1. The average Bonchev–Trinajstić information content (AvgIpc) is 2.81. The van der Waals surface area contributed by atoms with Crippen molar-refractivity contribution >= 4 is 27.4 Å². The lowest BCUT2D eigenvalue weighted by Gasteiger charge is -2.17. The first-order chi connectivity index (χ1) is 8.96. The number of hydrogen-bond acceptors (Lipinski definition) is 4. The Kier molecular flexibility index (Phi) is 3.94. The molecule has 1 aromatic rings. The summed E-state index contributed by atoms with van der Waals surface area (Å²) in [5.41, 5.74) is 1.43. The lowest BCUT2D eigenvalue weighted by Crippen LogP contribution is -2.22. The molecule has 0 bridgehead atoms. The van der Waals surface area contributed by atoms with Gasteiger partial charge in [0.25, 0.3) is 0 Å². The average molecular weight is 284 g/mol. The van der Waals surface area contributed by atoms with Crippen LogP contribution in [0.2, 0.25) is 0 Å². The van der Waals surface area contributed by atoms with E-state index in [1.165, 1.54) is 12.8 Å². The molecule has 0 amide bonds. The summed E-state index contributed by atoms with van der Waals surface area (Å²) in [4.78, 5) is 12.6. The second kappa shape index (κ2) is 5.48. The van der Waals surface area contributed by atoms with Crippen molar-refractivity contribution in [3.8, 4) is 0 Å². The van der Waals surface area contributed by atoms with Crippen LogP contribution in [0.3, 0.4) is 0 Å². The summed E-state index contributed by atoms with van der Waals surface area (Å²) in [6.45, 7) is 2.04. The van der Waals surface area contributed by atoms with Crippen molar-refractivity contribution in [3.63, 3.8) is 0 Å². The standard InChI is InChI=1S/C12H16N2O4S/c15-12(16)9-19(17,18)13-10-3-5-11(6-4-10)14-7-1-2-8-14/h3-6,13H,1-2,7-9H2,(H,15,16). The summed E-state index contributed by atoms with van der Waals surface area (Å²) >= 11 is 0. The molecule has 0 spiro atoms. The zero-order valence-corrected chi connectivity index (χ0v) is 11.2. The van der Waals surface area contributed by atoms with Crippen molar-refractivity contribution in [2.24, 2.45) is 0 Å². The van der Waals surface area contributed by atoms with Crippen molar-refractivity contribution in [3.05, 3.63) is 24.3 Å². The van der Waals surface area contributed by atoms with Gasteiger partial charge in [-0.2, -0.15) is 0 Å². The van der Waals surface area contributed by atoms with E-state index in [0.29, 0.717) is 5.69 Å². The predicted molar refractivity (Wildman–Crippen MR) is 72.9 cm³/mol. The van der Waals surface area contributed by atoms with E-state index in [-0.39, 0.29) is 0 Å². The second-order valence-electron chi connectivity index (χ2n) is 4.50. The Morgan fingerprint density at radius 3 is 2.32 bits per heavy atom. The van der Waals surface area contributed by atoms with Crippen LogP contribution in [0.4, 0.5) is 11.4 Å². The molecule has 1 heterocycles. The van der Waals surface area contributed by atoms with Crippen LogP contribution < -0.4 is 9.62 Å². The van der Waals surface area contributed by atoms with Crippen LogP contribution in [0.15, 0.2) is 24.3 Å². The third kappa shape index (κ3) is 3.85. The molecular weight excluding hydrogens is 268 g/mol. The molecule has 1 aliphatic rings. The van der Waals surface area contributed by atoms with Crippen LogP contribution in [0.25, 0.3) is 0 Å². The Morgan fingerprint density at radius 1 is 1.21 bits per heavy atom. The summed E-state index contributed by atoms with van der Waals surface area (Å²) in [6.07, 6.45) is 2.35. The molecule has 0 atom stereocenters. The van der Waals surface area contributed by atoms with E-state index in [4.69, 9.17) is 5.11 Å². The highest BCUT2D eigenvalue weighted by molar-refractivity contribution is 7.93. The molecule has 6 nitrogen and oxygen atoms in total. The summed E-state index contributed by atoms with van der Waals surface area (Å²) in [6, 6.07) is 6.97. The van der Waals surface area contributed by atoms with Gasteiger partial charge in [0.2, 0.25) is 10.0 Å². The molecule has 0 aromatic heterocycles. The van der Waals surface area contributed by atoms with Gasteiger partial charge in [0, 0.05) is 24.5 Å². The van der Waals surface area contributed by atoms with Gasteiger partial charge in [-0.3, -0.25) is 9.52 Å². The van der Waals surface area contributed by atoms with Gasteiger partial charge in [-0.15, -0.1) is 0 Å². The van der Waals surface area contributed by atoms with E-state index >= 15 is 0 Å². The smallest absolute Gasteiger partial charge is 0.320 e. The molecule has 104 valence electrons. The zero-order chi connectivity index (χ0) is 13.9. The van der Waals surface area contributed by atoms with Gasteiger partial charge in [0.1, 0.15) is 0 Å². The Labute approximate surface area is 112 Å². The second-order valence-corrected chi connectivity index (χ2v) is 6.22. The predicted octanol–water partition coefficient (Wildman–Crippen LogP) is 1.11. The third-order valence-electron chi connectivity index (χ3n) is 2.93. The molecule has 0 aliphatic carbocycles. The van der Waals surface area contributed by atoms with E-state index in [2.05, 4.69) is 9.62 Å². The summed E-state index contributed by atoms with van der Waals surface area (Å²) in [5, 5.41) is 8.49. The number of nitrogens with one attached hydrogen (secondary N) is 1. The molecule has 0 unspecified atom stereocenters. The minimum Gasteiger partial charge on any atom is -0.480 e. The van der Waals surface area contributed by atoms with Gasteiger partial charge < -0.3 is 10.0 Å². The molecule has 7 heteroatoms. The minimum absolute atomic E-state index is 0.379. The van der Waals surface area contributed by atoms with Crippen LogP contribution >= 0.6 is 0 Å². The largest absolute Gasteiger partial charge is 0.480 e. The molecule has 0 saturated carbocycles. The van der Waals surface area contributed by atoms with Gasteiger partial charge in [-0.05, 0) is 37.1 Å². The monoisotopic (exact) mass is 284 g/mol. The van der Waals surface area contributed by atoms with Crippen molar-refractivity contribution in [1.29, 1.82) is 0 Å². The fraction of sp³-hybridized carbons (Fsp3) is 0.417. The zero-order valence-electron chi connectivity index (χ0n) is 10.4. The van der Waals surface area contributed by atoms with Gasteiger partial charge in [0.05, 0.1) is 0 Å². The summed E-state index contributed by atoms with van der Waals surface area (Å²) < 4.78 is 25.1. The maximum Gasteiger partial charge on any atom is 0.320 e. The fourth-order valence-electron chi connectivity index (χ4n) is 2.09. The maximum absolute atomic E-state index is 11.4. The number of benzene rings is 1. The van der Waals surface area contributed by atoms with Crippen LogP contribution in [0, 0.1) is 0 Å². The molecule has 1 fully saturated rings. The minimum atomic E-state index is -3.83. The van der Waals surface area contributed by atoms with E-state index in [1.807, 2.05) is 12.1 Å². The topological polar surface area (TPSA) is 86.7 Å². The molecule has 19 heavy (non-hydrogen) atoms. The highest BCUT2D eigenvalue weighted by atomic mass is 32.2.